The van der Waals surface area contributed by atoms with Gasteiger partial charge in [0, 0.05) is 64.0 Å². The Kier molecular flexibility index (Phi) is 8.40. The molecule has 5 rings (SSSR count). The van der Waals surface area contributed by atoms with Crippen LogP contribution in [0.5, 0.6) is 0 Å². The summed E-state index contributed by atoms with van der Waals surface area (Å²) in [7, 11) is 1.36. The second-order valence-corrected chi connectivity index (χ2v) is 11.7. The van der Waals surface area contributed by atoms with Crippen molar-refractivity contribution in [2.75, 3.05) is 38.1 Å². The third kappa shape index (κ3) is 6.61. The molecule has 2 aromatic carbocycles. The van der Waals surface area contributed by atoms with Crippen LogP contribution in [0.3, 0.4) is 0 Å². The van der Waals surface area contributed by atoms with Crippen LogP contribution in [-0.4, -0.2) is 77.9 Å². The third-order valence-corrected chi connectivity index (χ3v) is 8.81. The molecule has 0 saturated carbocycles. The number of piperazine rings is 1. The highest BCUT2D eigenvalue weighted by Gasteiger charge is 2.42. The lowest BCUT2D eigenvalue weighted by Gasteiger charge is -2.48. The van der Waals surface area contributed by atoms with Crippen LogP contribution in [0.25, 0.3) is 0 Å². The first-order valence-electron chi connectivity index (χ1n) is 14.2. The number of alkyl halides is 6. The topological polar surface area (TPSA) is 47.1 Å². The molecule has 234 valence electrons. The molecule has 43 heavy (non-hydrogen) atoms. The van der Waals surface area contributed by atoms with Gasteiger partial charge in [-0.3, -0.25) is 14.5 Å². The number of rotatable bonds is 5. The molecule has 2 aromatic rings. The van der Waals surface area contributed by atoms with E-state index < -0.39 is 47.8 Å². The van der Waals surface area contributed by atoms with Crippen LogP contribution < -0.4 is 4.90 Å². The van der Waals surface area contributed by atoms with Crippen molar-refractivity contribution < 1.29 is 40.3 Å². The number of hydrogen-bond donors (Lipinski definition) is 0. The average molecular weight is 615 g/mol. The summed E-state index contributed by atoms with van der Waals surface area (Å²) in [5.41, 5.74) is -1.94. The lowest BCUT2D eigenvalue weighted by molar-refractivity contribution is -0.143. The van der Waals surface area contributed by atoms with Gasteiger partial charge in [-0.1, -0.05) is 0 Å². The van der Waals surface area contributed by atoms with Crippen LogP contribution in [-0.2, 0) is 28.5 Å². The maximum absolute atomic E-state index is 14.0. The van der Waals surface area contributed by atoms with Gasteiger partial charge in [-0.25, -0.2) is 4.39 Å². The predicted octanol–water partition coefficient (Wildman–Crippen LogP) is 5.47. The molecule has 6 nitrogen and oxygen atoms in total. The number of carbonyl (C=O) groups excluding carboxylic acids is 2. The Morgan fingerprint density at radius 1 is 0.907 bits per heavy atom. The van der Waals surface area contributed by atoms with Crippen LogP contribution in [0.4, 0.5) is 36.4 Å². The predicted molar refractivity (Wildman–Crippen MR) is 145 cm³/mol. The maximum atomic E-state index is 14.0. The minimum atomic E-state index is -5.00. The summed E-state index contributed by atoms with van der Waals surface area (Å²) in [5, 5.41) is 0. The van der Waals surface area contributed by atoms with Crippen molar-refractivity contribution in [3.63, 3.8) is 0 Å². The molecule has 0 spiro atoms. The van der Waals surface area contributed by atoms with Crippen LogP contribution in [0.1, 0.15) is 47.9 Å². The van der Waals surface area contributed by atoms with E-state index in [1.54, 1.807) is 13.0 Å². The van der Waals surface area contributed by atoms with Crippen LogP contribution >= 0.6 is 0 Å². The van der Waals surface area contributed by atoms with Gasteiger partial charge in [-0.05, 0) is 73.7 Å². The summed E-state index contributed by atoms with van der Waals surface area (Å²) in [5.74, 6) is -0.761. The zero-order valence-corrected chi connectivity index (χ0v) is 23.8. The molecule has 3 aliphatic heterocycles. The Morgan fingerprint density at radius 2 is 1.58 bits per heavy atom. The summed E-state index contributed by atoms with van der Waals surface area (Å²) >= 11 is 0. The second-order valence-electron chi connectivity index (χ2n) is 11.7. The highest BCUT2D eigenvalue weighted by molar-refractivity contribution is 5.86. The Labute approximate surface area is 245 Å². The number of aryl methyl sites for hydroxylation is 1. The number of fused-ring (bicyclic) bond motifs is 1. The second kappa shape index (κ2) is 11.6. The van der Waals surface area contributed by atoms with Gasteiger partial charge >= 0.3 is 12.4 Å². The number of halogens is 7. The average Bonchev–Trinajstić information content (AvgIpc) is 3.31. The fraction of sp³-hybridized carbons (Fsp3) is 0.533. The van der Waals surface area contributed by atoms with Crippen LogP contribution in [0.15, 0.2) is 36.4 Å². The van der Waals surface area contributed by atoms with Crippen LogP contribution in [0.2, 0.25) is 0 Å². The van der Waals surface area contributed by atoms with E-state index in [9.17, 15) is 40.3 Å². The first-order chi connectivity index (χ1) is 20.1. The maximum Gasteiger partial charge on any atom is 0.416 e. The van der Waals surface area contributed by atoms with E-state index in [2.05, 4.69) is 4.90 Å². The smallest absolute Gasteiger partial charge is 0.359 e. The highest BCUT2D eigenvalue weighted by atomic mass is 19.4. The summed E-state index contributed by atoms with van der Waals surface area (Å²) in [6.07, 6.45) is -7.67. The number of benzene rings is 2. The fourth-order valence-electron chi connectivity index (χ4n) is 6.68. The van der Waals surface area contributed by atoms with E-state index in [0.717, 1.165) is 11.3 Å². The van der Waals surface area contributed by atoms with Crippen molar-refractivity contribution in [2.45, 2.75) is 69.6 Å². The molecule has 0 aliphatic carbocycles. The molecule has 13 heteroatoms. The minimum Gasteiger partial charge on any atom is -0.359 e. The molecule has 0 bridgehead atoms. The monoisotopic (exact) mass is 614 g/mol. The quantitative estimate of drug-likeness (QED) is 0.419. The lowest BCUT2D eigenvalue weighted by Crippen LogP contribution is -2.60. The first-order valence-corrected chi connectivity index (χ1v) is 14.2. The number of anilines is 1. The molecule has 3 saturated heterocycles. The summed E-state index contributed by atoms with van der Waals surface area (Å²) < 4.78 is 94.6. The largest absolute Gasteiger partial charge is 0.416 e. The molecule has 3 unspecified atom stereocenters. The number of carbonyl (C=O) groups is 2. The molecular formula is C30H33F7N4O2. The van der Waals surface area contributed by atoms with Gasteiger partial charge in [-0.2, -0.15) is 26.3 Å². The zero-order chi connectivity index (χ0) is 31.3. The minimum absolute atomic E-state index is 0.0254. The van der Waals surface area contributed by atoms with Gasteiger partial charge in [0.05, 0.1) is 11.1 Å². The Balaban J connectivity index is 1.41. The van der Waals surface area contributed by atoms with Gasteiger partial charge < -0.3 is 14.7 Å². The SMILES string of the molecule is Cc1cc(F)ccc1N1CCC(N2CCN3C(=O)CCC3C2)CC1C(=O)N(C)Cc1cc(C(F)(F)F)cc(C(F)(F)F)c1. The van der Waals surface area contributed by atoms with Crippen molar-refractivity contribution in [1.82, 2.24) is 14.7 Å². The summed E-state index contributed by atoms with van der Waals surface area (Å²) in [6, 6.07) is 4.84. The molecule has 0 N–H and O–H groups in total. The van der Waals surface area contributed by atoms with Crippen molar-refractivity contribution in [2.24, 2.45) is 0 Å². The molecule has 2 amide bonds. The van der Waals surface area contributed by atoms with Crippen molar-refractivity contribution in [3.05, 3.63) is 64.5 Å². The molecule has 3 atom stereocenters. The fourth-order valence-corrected chi connectivity index (χ4v) is 6.68. The summed E-state index contributed by atoms with van der Waals surface area (Å²) in [6.45, 7) is 3.60. The van der Waals surface area contributed by atoms with Crippen molar-refractivity contribution >= 4 is 17.5 Å². The highest BCUT2D eigenvalue weighted by Crippen LogP contribution is 2.37. The van der Waals surface area contributed by atoms with Crippen molar-refractivity contribution in [1.29, 1.82) is 0 Å². The Hall–Kier alpha value is -3.35. The van der Waals surface area contributed by atoms with Gasteiger partial charge in [0.1, 0.15) is 11.9 Å². The molecule has 3 fully saturated rings. The van der Waals surface area contributed by atoms with Crippen LogP contribution in [0, 0.1) is 12.7 Å². The van der Waals surface area contributed by atoms with Crippen molar-refractivity contribution in [3.8, 4) is 0 Å². The lowest BCUT2D eigenvalue weighted by atomic mass is 9.92. The molecule has 0 radical (unpaired) electrons. The number of amides is 2. The molecule has 3 aliphatic rings. The number of hydrogen-bond acceptors (Lipinski definition) is 4. The molecule has 3 heterocycles. The van der Waals surface area contributed by atoms with E-state index in [-0.39, 0.29) is 29.6 Å². The summed E-state index contributed by atoms with van der Waals surface area (Å²) in [4.78, 5) is 33.3. The van der Waals surface area contributed by atoms with E-state index in [4.69, 9.17) is 0 Å². The Morgan fingerprint density at radius 3 is 2.21 bits per heavy atom. The van der Waals surface area contributed by atoms with Gasteiger partial charge in [0.15, 0.2) is 0 Å². The first kappa shape index (κ1) is 31.1. The van der Waals surface area contributed by atoms with E-state index >= 15 is 0 Å². The normalized spacial score (nSPS) is 23.5. The third-order valence-electron chi connectivity index (χ3n) is 8.81. The number of likely N-dealkylation sites (N-methyl/N-ethyl adjacent to an activating group) is 1. The van der Waals surface area contributed by atoms with Gasteiger partial charge in [-0.15, -0.1) is 0 Å². The molecular weight excluding hydrogens is 581 g/mol. The number of piperidine rings is 1. The van der Waals surface area contributed by atoms with E-state index in [0.29, 0.717) is 68.8 Å². The molecule has 0 aromatic heterocycles. The standard InChI is InChI=1S/C30H33F7N4O2/c1-18-11-22(31)3-5-25(18)41-8-7-23(39-9-10-40-24(17-39)4-6-27(40)42)15-26(41)28(43)38(2)16-19-12-20(29(32,33)34)14-21(13-19)30(35,36)37/h3,5,11-14,23-24,26H,4,6-10,15-17H2,1-2H3. The van der Waals surface area contributed by atoms with E-state index in [1.165, 1.54) is 19.2 Å². The van der Waals surface area contributed by atoms with Gasteiger partial charge in [0.25, 0.3) is 0 Å². The Bertz CT molecular complexity index is 1350. The van der Waals surface area contributed by atoms with Gasteiger partial charge in [0.2, 0.25) is 11.8 Å². The number of nitrogens with zero attached hydrogens (tertiary/aromatic N) is 4. The zero-order valence-electron chi connectivity index (χ0n) is 23.8. The van der Waals surface area contributed by atoms with E-state index in [1.807, 2.05) is 9.80 Å².